The predicted octanol–water partition coefficient (Wildman–Crippen LogP) is 3.41. The van der Waals surface area contributed by atoms with Crippen LogP contribution in [0.15, 0.2) is 18.2 Å². The van der Waals surface area contributed by atoms with Crippen LogP contribution in [0.25, 0.3) is 0 Å². The van der Waals surface area contributed by atoms with Gasteiger partial charge in [0.2, 0.25) is 5.78 Å². The molecule has 2 rings (SSSR count). The van der Waals surface area contributed by atoms with Crippen LogP contribution >= 0.6 is 0 Å². The number of carbonyl (C=O) groups excluding carboxylic acids is 2. The van der Waals surface area contributed by atoms with Crippen molar-refractivity contribution in [1.29, 1.82) is 0 Å². The van der Waals surface area contributed by atoms with Gasteiger partial charge in [-0.3, -0.25) is 14.5 Å². The van der Waals surface area contributed by atoms with Gasteiger partial charge in [0, 0.05) is 12.1 Å². The molecular formula is C18H25NO2. The third-order valence-electron chi connectivity index (χ3n) is 4.21. The Morgan fingerprint density at radius 1 is 1.19 bits per heavy atom. The lowest BCUT2D eigenvalue weighted by molar-refractivity contribution is -0.134. The molecular weight excluding hydrogens is 262 g/mol. The van der Waals surface area contributed by atoms with Crippen molar-refractivity contribution in [2.45, 2.75) is 65.1 Å². The van der Waals surface area contributed by atoms with E-state index in [1.165, 1.54) is 5.56 Å². The molecule has 3 nitrogen and oxygen atoms in total. The van der Waals surface area contributed by atoms with E-state index < -0.39 is 6.04 Å². The number of hydrogen-bond acceptors (Lipinski definition) is 3. The fourth-order valence-electron chi connectivity index (χ4n) is 2.90. The van der Waals surface area contributed by atoms with E-state index in [-0.39, 0.29) is 16.7 Å². The molecule has 1 aliphatic heterocycles. The van der Waals surface area contributed by atoms with E-state index in [4.69, 9.17) is 0 Å². The highest BCUT2D eigenvalue weighted by molar-refractivity contribution is 6.27. The molecule has 1 unspecified atom stereocenters. The van der Waals surface area contributed by atoms with Crippen LogP contribution in [0.5, 0.6) is 0 Å². The van der Waals surface area contributed by atoms with Crippen LogP contribution in [-0.4, -0.2) is 22.5 Å². The molecule has 1 aromatic rings. The molecule has 1 heterocycles. The summed E-state index contributed by atoms with van der Waals surface area (Å²) in [4.78, 5) is 25.4. The molecule has 1 aromatic carbocycles. The van der Waals surface area contributed by atoms with E-state index in [0.29, 0.717) is 12.8 Å². The number of benzene rings is 1. The molecule has 114 valence electrons. The second-order valence-corrected chi connectivity index (χ2v) is 7.89. The second kappa shape index (κ2) is 5.06. The summed E-state index contributed by atoms with van der Waals surface area (Å²) >= 11 is 0. The van der Waals surface area contributed by atoms with Gasteiger partial charge in [0.05, 0.1) is 0 Å². The average Bonchev–Trinajstić information content (AvgIpc) is 2.75. The largest absolute Gasteiger partial charge is 0.295 e. The maximum Gasteiger partial charge on any atom is 0.216 e. The molecule has 0 amide bonds. The highest BCUT2D eigenvalue weighted by Gasteiger charge is 2.41. The number of rotatable bonds is 2. The van der Waals surface area contributed by atoms with Gasteiger partial charge in [0.25, 0.3) is 0 Å². The van der Waals surface area contributed by atoms with E-state index in [2.05, 4.69) is 64.6 Å². The lowest BCUT2D eigenvalue weighted by Crippen LogP contribution is -2.42. The van der Waals surface area contributed by atoms with Crippen molar-refractivity contribution in [3.63, 3.8) is 0 Å². The monoisotopic (exact) mass is 287 g/mol. The quantitative estimate of drug-likeness (QED) is 0.618. The van der Waals surface area contributed by atoms with E-state index in [1.807, 2.05) is 0 Å². The van der Waals surface area contributed by atoms with Crippen LogP contribution in [0.2, 0.25) is 0 Å². The van der Waals surface area contributed by atoms with E-state index >= 15 is 0 Å². The van der Waals surface area contributed by atoms with Crippen LogP contribution < -0.4 is 0 Å². The second-order valence-electron chi connectivity index (χ2n) is 7.89. The molecule has 1 aliphatic rings. The fourth-order valence-corrected chi connectivity index (χ4v) is 2.90. The molecule has 0 N–H and O–H groups in total. The normalized spacial score (nSPS) is 19.4. The van der Waals surface area contributed by atoms with Crippen molar-refractivity contribution in [3.05, 3.63) is 34.9 Å². The Balaban J connectivity index is 2.55. The van der Waals surface area contributed by atoms with Crippen LogP contribution in [0, 0.1) is 0 Å². The van der Waals surface area contributed by atoms with Crippen molar-refractivity contribution in [3.8, 4) is 0 Å². The highest BCUT2D eigenvalue weighted by atomic mass is 16.2. The Labute approximate surface area is 127 Å². The Bertz CT molecular complexity index is 576. The minimum Gasteiger partial charge on any atom is -0.295 e. The number of carbonyl (C=O) groups is 2. The topological polar surface area (TPSA) is 37.4 Å². The number of hydrogen-bond donors (Lipinski definition) is 0. The van der Waals surface area contributed by atoms with Gasteiger partial charge in [-0.1, -0.05) is 39.0 Å². The number of aldehydes is 1. The van der Waals surface area contributed by atoms with Gasteiger partial charge in [-0.2, -0.15) is 0 Å². The van der Waals surface area contributed by atoms with Gasteiger partial charge in [0.1, 0.15) is 6.04 Å². The van der Waals surface area contributed by atoms with Crippen LogP contribution in [0.3, 0.4) is 0 Å². The fraction of sp³-hybridized carbons (Fsp3) is 0.556. The van der Waals surface area contributed by atoms with E-state index in [0.717, 1.165) is 11.1 Å². The third kappa shape index (κ3) is 2.93. The smallest absolute Gasteiger partial charge is 0.216 e. The standard InChI is InChI=1S/C18H25NO2/c1-17(2,3)13-8-7-12-10-19(18(4,5)6)16(14(12)9-13)15(21)11-20/h7-9,11,16H,10H2,1-6H3. The molecule has 0 fully saturated rings. The molecule has 0 radical (unpaired) electrons. The minimum atomic E-state index is -0.445. The number of ketones is 1. The molecule has 0 aromatic heterocycles. The summed E-state index contributed by atoms with van der Waals surface area (Å²) in [6.45, 7) is 13.4. The zero-order valence-electron chi connectivity index (χ0n) is 13.9. The maximum atomic E-state index is 12.2. The molecule has 3 heteroatoms. The molecule has 0 spiro atoms. The predicted molar refractivity (Wildman–Crippen MR) is 84.3 cm³/mol. The number of nitrogens with zero attached hydrogens (tertiary/aromatic N) is 1. The first kappa shape index (κ1) is 15.9. The van der Waals surface area contributed by atoms with Crippen molar-refractivity contribution < 1.29 is 9.59 Å². The van der Waals surface area contributed by atoms with E-state index in [1.54, 1.807) is 0 Å². The van der Waals surface area contributed by atoms with Gasteiger partial charge in [-0.15, -0.1) is 0 Å². The van der Waals surface area contributed by atoms with Crippen LogP contribution in [0.1, 0.15) is 64.3 Å². The van der Waals surface area contributed by atoms with Crippen molar-refractivity contribution in [2.75, 3.05) is 0 Å². The van der Waals surface area contributed by atoms with Gasteiger partial charge >= 0.3 is 0 Å². The van der Waals surface area contributed by atoms with Crippen LogP contribution in [-0.2, 0) is 21.5 Å². The highest BCUT2D eigenvalue weighted by Crippen LogP contribution is 2.40. The van der Waals surface area contributed by atoms with Crippen molar-refractivity contribution >= 4 is 12.1 Å². The Kier molecular flexibility index (Phi) is 3.83. The van der Waals surface area contributed by atoms with Crippen molar-refractivity contribution in [2.24, 2.45) is 0 Å². The van der Waals surface area contributed by atoms with Gasteiger partial charge < -0.3 is 0 Å². The molecule has 0 aliphatic carbocycles. The SMILES string of the molecule is CC(C)(C)c1ccc2c(c1)C(C(=O)C=O)N(C(C)(C)C)C2. The number of Topliss-reactive ketones (excluding diaryl/α,β-unsaturated/α-hetero) is 1. The zero-order chi connectivity index (χ0) is 16.0. The summed E-state index contributed by atoms with van der Waals surface area (Å²) in [5.74, 6) is -0.352. The summed E-state index contributed by atoms with van der Waals surface area (Å²) in [7, 11) is 0. The molecule has 21 heavy (non-hydrogen) atoms. The lowest BCUT2D eigenvalue weighted by Gasteiger charge is -2.35. The average molecular weight is 287 g/mol. The van der Waals surface area contributed by atoms with Gasteiger partial charge in [-0.05, 0) is 42.9 Å². The maximum absolute atomic E-state index is 12.2. The van der Waals surface area contributed by atoms with Crippen LogP contribution in [0.4, 0.5) is 0 Å². The first-order valence-electron chi connectivity index (χ1n) is 7.45. The molecule has 0 saturated carbocycles. The Hall–Kier alpha value is -1.48. The zero-order valence-corrected chi connectivity index (χ0v) is 13.9. The lowest BCUT2D eigenvalue weighted by atomic mass is 9.84. The minimum absolute atomic E-state index is 0.0267. The third-order valence-corrected chi connectivity index (χ3v) is 4.21. The van der Waals surface area contributed by atoms with Gasteiger partial charge in [-0.25, -0.2) is 0 Å². The molecule has 1 atom stereocenters. The molecule has 0 saturated heterocycles. The summed E-state index contributed by atoms with van der Waals surface area (Å²) in [5, 5.41) is 0. The Morgan fingerprint density at radius 2 is 1.81 bits per heavy atom. The summed E-state index contributed by atoms with van der Waals surface area (Å²) in [6, 6.07) is 5.90. The summed E-state index contributed by atoms with van der Waals surface area (Å²) in [5.41, 5.74) is 3.21. The Morgan fingerprint density at radius 3 is 2.29 bits per heavy atom. The van der Waals surface area contributed by atoms with E-state index in [9.17, 15) is 9.59 Å². The summed E-state index contributed by atoms with van der Waals surface area (Å²) < 4.78 is 0. The first-order valence-corrected chi connectivity index (χ1v) is 7.45. The molecule has 0 bridgehead atoms. The van der Waals surface area contributed by atoms with Gasteiger partial charge in [0.15, 0.2) is 6.29 Å². The van der Waals surface area contributed by atoms with Crippen molar-refractivity contribution in [1.82, 2.24) is 4.90 Å². The first-order chi connectivity index (χ1) is 9.55. The number of fused-ring (bicyclic) bond motifs is 1. The summed E-state index contributed by atoms with van der Waals surface area (Å²) in [6.07, 6.45) is 0.461.